The highest BCUT2D eigenvalue weighted by Gasteiger charge is 2.34. The van der Waals surface area contributed by atoms with Gasteiger partial charge in [-0.1, -0.05) is 15.9 Å². The molecular weight excluding hydrogens is 339 g/mol. The van der Waals surface area contributed by atoms with Gasteiger partial charge in [-0.15, -0.1) is 0 Å². The van der Waals surface area contributed by atoms with Crippen LogP contribution in [-0.2, 0) is 15.7 Å². The first-order valence-corrected chi connectivity index (χ1v) is 6.69. The number of halogens is 4. The number of benzene rings is 1. The summed E-state index contributed by atoms with van der Waals surface area (Å²) in [4.78, 5) is 12.5. The van der Waals surface area contributed by atoms with Crippen molar-refractivity contribution in [1.82, 2.24) is 0 Å². The minimum Gasteiger partial charge on any atom is -0.469 e. The van der Waals surface area contributed by atoms with E-state index in [0.29, 0.717) is 17.4 Å². The fraction of sp³-hybridized carbons (Fsp3) is 0.462. The van der Waals surface area contributed by atoms with Crippen molar-refractivity contribution in [2.24, 2.45) is 0 Å². The molecule has 20 heavy (non-hydrogen) atoms. The van der Waals surface area contributed by atoms with E-state index in [2.05, 4.69) is 20.7 Å². The predicted molar refractivity (Wildman–Crippen MR) is 73.7 cm³/mol. The Labute approximate surface area is 123 Å². The van der Waals surface area contributed by atoms with E-state index in [9.17, 15) is 18.0 Å². The number of carbonyl (C=O) groups is 1. The molecule has 0 saturated heterocycles. The summed E-state index contributed by atoms with van der Waals surface area (Å²) >= 11 is 3.17. The number of hydrogen-bond acceptors (Lipinski definition) is 3. The highest BCUT2D eigenvalue weighted by molar-refractivity contribution is 9.10. The van der Waals surface area contributed by atoms with Crippen molar-refractivity contribution >= 4 is 27.6 Å². The molecular formula is C13H15BrF3NO2. The Morgan fingerprint density at radius 1 is 1.40 bits per heavy atom. The van der Waals surface area contributed by atoms with Gasteiger partial charge in [0.1, 0.15) is 0 Å². The van der Waals surface area contributed by atoms with E-state index in [-0.39, 0.29) is 18.1 Å². The van der Waals surface area contributed by atoms with Crippen molar-refractivity contribution in [2.45, 2.75) is 19.0 Å². The van der Waals surface area contributed by atoms with Gasteiger partial charge in [0.05, 0.1) is 12.7 Å². The Morgan fingerprint density at radius 2 is 2.05 bits per heavy atom. The molecule has 0 aromatic heterocycles. The van der Waals surface area contributed by atoms with Crippen LogP contribution in [0.15, 0.2) is 22.7 Å². The summed E-state index contributed by atoms with van der Waals surface area (Å²) in [5, 5.41) is 0. The van der Waals surface area contributed by atoms with Crippen LogP contribution in [0.2, 0.25) is 0 Å². The maximum Gasteiger partial charge on any atom is 0.418 e. The Morgan fingerprint density at radius 3 is 2.60 bits per heavy atom. The normalized spacial score (nSPS) is 11.3. The van der Waals surface area contributed by atoms with Crippen LogP contribution < -0.4 is 4.90 Å². The van der Waals surface area contributed by atoms with Gasteiger partial charge in [0, 0.05) is 30.2 Å². The summed E-state index contributed by atoms with van der Waals surface area (Å²) in [5.41, 5.74) is -0.613. The van der Waals surface area contributed by atoms with Gasteiger partial charge in [0.25, 0.3) is 0 Å². The summed E-state index contributed by atoms with van der Waals surface area (Å²) in [7, 11) is 2.84. The molecule has 0 aliphatic heterocycles. The van der Waals surface area contributed by atoms with Crippen molar-refractivity contribution in [3.8, 4) is 0 Å². The SMILES string of the molecule is COC(=O)CCCN(C)c1cc(Br)ccc1C(F)(F)F. The van der Waals surface area contributed by atoms with Crippen LogP contribution in [-0.4, -0.2) is 26.7 Å². The zero-order valence-corrected chi connectivity index (χ0v) is 12.7. The van der Waals surface area contributed by atoms with Crippen LogP contribution in [0.25, 0.3) is 0 Å². The van der Waals surface area contributed by atoms with E-state index in [4.69, 9.17) is 0 Å². The first-order chi connectivity index (χ1) is 9.25. The van der Waals surface area contributed by atoms with Crippen molar-refractivity contribution in [3.63, 3.8) is 0 Å². The summed E-state index contributed by atoms with van der Waals surface area (Å²) in [5.74, 6) is -0.372. The lowest BCUT2D eigenvalue weighted by Crippen LogP contribution is -2.23. The molecule has 0 spiro atoms. The van der Waals surface area contributed by atoms with Crippen LogP contribution in [0.4, 0.5) is 18.9 Å². The van der Waals surface area contributed by atoms with E-state index in [0.717, 1.165) is 6.07 Å². The molecule has 0 radical (unpaired) electrons. The van der Waals surface area contributed by atoms with Crippen molar-refractivity contribution in [3.05, 3.63) is 28.2 Å². The third kappa shape index (κ3) is 4.70. The number of hydrogen-bond donors (Lipinski definition) is 0. The maximum absolute atomic E-state index is 12.9. The van der Waals surface area contributed by atoms with Gasteiger partial charge in [-0.05, 0) is 24.6 Å². The van der Waals surface area contributed by atoms with Crippen molar-refractivity contribution in [1.29, 1.82) is 0 Å². The van der Waals surface area contributed by atoms with Crippen LogP contribution >= 0.6 is 15.9 Å². The number of alkyl halides is 3. The second-order valence-electron chi connectivity index (χ2n) is 4.26. The average Bonchev–Trinajstić information content (AvgIpc) is 2.36. The molecule has 0 atom stereocenters. The number of nitrogens with zero attached hydrogens (tertiary/aromatic N) is 1. The highest BCUT2D eigenvalue weighted by atomic mass is 79.9. The predicted octanol–water partition coefficient (Wildman–Crippen LogP) is 3.86. The largest absolute Gasteiger partial charge is 0.469 e. The summed E-state index contributed by atoms with van der Waals surface area (Å²) in [6, 6.07) is 3.81. The van der Waals surface area contributed by atoms with Crippen molar-refractivity contribution < 1.29 is 22.7 Å². The number of rotatable bonds is 5. The van der Waals surface area contributed by atoms with Gasteiger partial charge >= 0.3 is 12.1 Å². The quantitative estimate of drug-likeness (QED) is 0.753. The molecule has 0 unspecified atom stereocenters. The Hall–Kier alpha value is -1.24. The van der Waals surface area contributed by atoms with Gasteiger partial charge < -0.3 is 9.64 Å². The topological polar surface area (TPSA) is 29.5 Å². The van der Waals surface area contributed by atoms with E-state index in [1.807, 2.05) is 0 Å². The molecule has 1 aromatic carbocycles. The lowest BCUT2D eigenvalue weighted by Gasteiger charge is -2.23. The monoisotopic (exact) mass is 353 g/mol. The van der Waals surface area contributed by atoms with Gasteiger partial charge in [-0.3, -0.25) is 4.79 Å². The molecule has 1 rings (SSSR count). The van der Waals surface area contributed by atoms with Gasteiger partial charge in [-0.2, -0.15) is 13.2 Å². The number of esters is 1. The smallest absolute Gasteiger partial charge is 0.418 e. The van der Waals surface area contributed by atoms with Crippen LogP contribution in [0.3, 0.4) is 0 Å². The number of anilines is 1. The molecule has 0 aliphatic carbocycles. The van der Waals surface area contributed by atoms with Crippen LogP contribution in [0.5, 0.6) is 0 Å². The Bertz CT molecular complexity index is 477. The summed E-state index contributed by atoms with van der Waals surface area (Å²) in [6.45, 7) is 0.328. The minimum atomic E-state index is -4.41. The van der Waals surface area contributed by atoms with E-state index in [1.54, 1.807) is 7.05 Å². The standard InChI is InChI=1S/C13H15BrF3NO2/c1-18(7-3-4-12(19)20-2)11-8-9(14)5-6-10(11)13(15,16)17/h5-6,8H,3-4,7H2,1-2H3. The molecule has 3 nitrogen and oxygen atoms in total. The van der Waals surface area contributed by atoms with Gasteiger partial charge in [-0.25, -0.2) is 0 Å². The Kier molecular flexibility index (Phi) is 5.86. The molecule has 0 aliphatic rings. The van der Waals surface area contributed by atoms with Crippen LogP contribution in [0.1, 0.15) is 18.4 Å². The van der Waals surface area contributed by atoms with E-state index >= 15 is 0 Å². The Balaban J connectivity index is 2.83. The molecule has 0 heterocycles. The second kappa shape index (κ2) is 6.97. The fourth-order valence-electron chi connectivity index (χ4n) is 1.74. The summed E-state index contributed by atoms with van der Waals surface area (Å²) < 4.78 is 43.8. The molecule has 0 N–H and O–H groups in total. The minimum absolute atomic E-state index is 0.0803. The van der Waals surface area contributed by atoms with Crippen LogP contribution in [0, 0.1) is 0 Å². The molecule has 0 saturated carbocycles. The molecule has 0 fully saturated rings. The number of carbonyl (C=O) groups excluding carboxylic acids is 1. The van der Waals surface area contributed by atoms with E-state index in [1.165, 1.54) is 24.1 Å². The third-order valence-electron chi connectivity index (χ3n) is 2.78. The second-order valence-corrected chi connectivity index (χ2v) is 5.18. The third-order valence-corrected chi connectivity index (χ3v) is 3.27. The molecule has 1 aromatic rings. The molecule has 7 heteroatoms. The van der Waals surface area contributed by atoms with Gasteiger partial charge in [0.15, 0.2) is 0 Å². The number of methoxy groups -OCH3 is 1. The maximum atomic E-state index is 12.9. The average molecular weight is 354 g/mol. The lowest BCUT2D eigenvalue weighted by molar-refractivity contribution is -0.140. The number of ether oxygens (including phenoxy) is 1. The zero-order valence-electron chi connectivity index (χ0n) is 11.1. The van der Waals surface area contributed by atoms with Crippen molar-refractivity contribution in [2.75, 3.05) is 25.6 Å². The highest BCUT2D eigenvalue weighted by Crippen LogP contribution is 2.37. The zero-order chi connectivity index (χ0) is 15.3. The fourth-order valence-corrected chi connectivity index (χ4v) is 2.09. The van der Waals surface area contributed by atoms with E-state index < -0.39 is 11.7 Å². The molecule has 112 valence electrons. The molecule has 0 bridgehead atoms. The van der Waals surface area contributed by atoms with Gasteiger partial charge in [0.2, 0.25) is 0 Å². The lowest BCUT2D eigenvalue weighted by atomic mass is 10.1. The molecule has 0 amide bonds. The first kappa shape index (κ1) is 16.8. The first-order valence-electron chi connectivity index (χ1n) is 5.90. The summed E-state index contributed by atoms with van der Waals surface area (Å²) in [6.07, 6.45) is -3.81.